The number of phenolic OH excluding ortho intramolecular Hbond substituents is 2. The molecule has 0 bridgehead atoms. The molecule has 0 aliphatic carbocycles. The van der Waals surface area contributed by atoms with Crippen LogP contribution >= 0.6 is 0 Å². The first-order valence-electron chi connectivity index (χ1n) is 10.3. The topological polar surface area (TPSA) is 176 Å². The van der Waals surface area contributed by atoms with Gasteiger partial charge in [-0.25, -0.2) is 4.79 Å². The number of fused-ring (bicyclic) bond motifs is 1. The van der Waals surface area contributed by atoms with Crippen molar-refractivity contribution in [2.24, 2.45) is 0 Å². The van der Waals surface area contributed by atoms with Crippen LogP contribution in [0.15, 0.2) is 51.7 Å². The van der Waals surface area contributed by atoms with E-state index in [4.69, 9.17) is 18.6 Å². The second-order valence-corrected chi connectivity index (χ2v) is 7.57. The number of aliphatic hydroxyl groups is 3. The van der Waals surface area contributed by atoms with E-state index in [-0.39, 0.29) is 40.4 Å². The zero-order valence-electron chi connectivity index (χ0n) is 17.8. The summed E-state index contributed by atoms with van der Waals surface area (Å²) in [5.41, 5.74) is -0.445. The Balaban J connectivity index is 1.70. The van der Waals surface area contributed by atoms with Crippen LogP contribution in [-0.4, -0.2) is 68.8 Å². The van der Waals surface area contributed by atoms with E-state index in [0.717, 1.165) is 12.1 Å². The minimum atomic E-state index is -1.80. The van der Waals surface area contributed by atoms with E-state index in [1.54, 1.807) is 19.1 Å². The number of aromatic hydroxyl groups is 2. The molecule has 5 atom stereocenters. The summed E-state index contributed by atoms with van der Waals surface area (Å²) >= 11 is 0. The third kappa shape index (κ3) is 4.29. The molecule has 4 rings (SSSR count). The number of benzene rings is 2. The van der Waals surface area contributed by atoms with Crippen LogP contribution in [0.25, 0.3) is 22.3 Å². The van der Waals surface area contributed by atoms with Crippen molar-refractivity contribution in [3.05, 3.63) is 52.7 Å². The van der Waals surface area contributed by atoms with E-state index >= 15 is 0 Å². The van der Waals surface area contributed by atoms with Gasteiger partial charge in [0.05, 0.1) is 12.2 Å². The van der Waals surface area contributed by atoms with Crippen LogP contribution in [0, 0.1) is 0 Å². The number of hydrogen-bond donors (Lipinski definition) is 5. The molecule has 3 aromatic rings. The van der Waals surface area contributed by atoms with Crippen molar-refractivity contribution in [2.75, 3.05) is 6.61 Å². The summed E-state index contributed by atoms with van der Waals surface area (Å²) < 4.78 is 21.4. The van der Waals surface area contributed by atoms with Crippen molar-refractivity contribution in [2.45, 2.75) is 37.6 Å². The third-order valence-corrected chi connectivity index (χ3v) is 5.29. The average Bonchev–Trinajstić information content (AvgIpc) is 2.79. The summed E-state index contributed by atoms with van der Waals surface area (Å²) in [7, 11) is 0. The van der Waals surface area contributed by atoms with Gasteiger partial charge < -0.3 is 44.2 Å². The Kier molecular flexibility index (Phi) is 6.44. The zero-order chi connectivity index (χ0) is 24.6. The Morgan fingerprint density at radius 3 is 2.44 bits per heavy atom. The van der Waals surface area contributed by atoms with Crippen LogP contribution in [0.2, 0.25) is 0 Å². The molecule has 0 unspecified atom stereocenters. The third-order valence-electron chi connectivity index (χ3n) is 5.29. The van der Waals surface area contributed by atoms with E-state index in [2.05, 4.69) is 0 Å². The minimum Gasteiger partial charge on any atom is -0.507 e. The second kappa shape index (κ2) is 9.31. The van der Waals surface area contributed by atoms with Crippen molar-refractivity contribution in [1.29, 1.82) is 0 Å². The van der Waals surface area contributed by atoms with E-state index in [1.165, 1.54) is 18.2 Å². The lowest BCUT2D eigenvalue weighted by Gasteiger charge is -2.38. The molecule has 180 valence electrons. The monoisotopic (exact) mass is 474 g/mol. The molecule has 2 heterocycles. The quantitative estimate of drug-likeness (QED) is 0.328. The van der Waals surface area contributed by atoms with Gasteiger partial charge >= 0.3 is 5.97 Å². The molecule has 5 N–H and O–H groups in total. The van der Waals surface area contributed by atoms with Crippen molar-refractivity contribution in [3.63, 3.8) is 0 Å². The summed E-state index contributed by atoms with van der Waals surface area (Å²) in [6.45, 7) is 1.54. The molecule has 1 fully saturated rings. The van der Waals surface area contributed by atoms with Gasteiger partial charge in [-0.3, -0.25) is 4.79 Å². The van der Waals surface area contributed by atoms with Crippen molar-refractivity contribution in [1.82, 2.24) is 0 Å². The number of carbonyl (C=O) groups excluding carboxylic acids is 1. The van der Waals surface area contributed by atoms with E-state index in [9.17, 15) is 35.1 Å². The highest BCUT2D eigenvalue weighted by molar-refractivity contribution is 5.86. The number of carbonyl (C=O) groups is 1. The lowest BCUT2D eigenvalue weighted by molar-refractivity contribution is -0.272. The Labute approximate surface area is 192 Å². The molecule has 0 spiro atoms. The fraction of sp³-hybridized carbons (Fsp3) is 0.304. The summed E-state index contributed by atoms with van der Waals surface area (Å²) in [5, 5.41) is 50.8. The molecule has 0 amide bonds. The molecule has 0 saturated carbocycles. The van der Waals surface area contributed by atoms with Gasteiger partial charge in [0.1, 0.15) is 52.3 Å². The number of ether oxygens (including phenoxy) is 3. The number of hydrogen-bond acceptors (Lipinski definition) is 11. The maximum atomic E-state index is 12.6. The summed E-state index contributed by atoms with van der Waals surface area (Å²) in [6.07, 6.45) is -8.61. The largest absolute Gasteiger partial charge is 0.507 e. The van der Waals surface area contributed by atoms with Crippen LogP contribution in [0.1, 0.15) is 6.92 Å². The lowest BCUT2D eigenvalue weighted by atomic mass is 9.99. The van der Waals surface area contributed by atoms with Crippen LogP contribution in [-0.2, 0) is 14.3 Å². The number of aliphatic hydroxyl groups excluding tert-OH is 3. The molecule has 1 saturated heterocycles. The highest BCUT2D eigenvalue weighted by atomic mass is 16.7. The summed E-state index contributed by atoms with van der Waals surface area (Å²) in [4.78, 5) is 24.7. The molecule has 11 heteroatoms. The van der Waals surface area contributed by atoms with Gasteiger partial charge in [0.15, 0.2) is 11.5 Å². The maximum absolute atomic E-state index is 12.6. The minimum absolute atomic E-state index is 0.00747. The molecule has 2 aromatic carbocycles. The molecular weight excluding hydrogens is 452 g/mol. The SMILES string of the molecule is CCOC(=O)[C@@H]1O[C@H](Oc2cc(O)c3c(=O)cc(-c4ccccc4O)oc3c2)[C@@H](O)[C@H](O)[C@H]1O. The maximum Gasteiger partial charge on any atom is 0.338 e. The second-order valence-electron chi connectivity index (χ2n) is 7.57. The molecule has 1 aliphatic heterocycles. The van der Waals surface area contributed by atoms with Gasteiger partial charge in [0.2, 0.25) is 6.29 Å². The summed E-state index contributed by atoms with van der Waals surface area (Å²) in [6, 6.07) is 9.59. The van der Waals surface area contributed by atoms with Gasteiger partial charge in [0.25, 0.3) is 0 Å². The average molecular weight is 474 g/mol. The van der Waals surface area contributed by atoms with Gasteiger partial charge in [0, 0.05) is 18.2 Å². The Morgan fingerprint density at radius 2 is 1.74 bits per heavy atom. The summed E-state index contributed by atoms with van der Waals surface area (Å²) in [5.74, 6) is -1.70. The van der Waals surface area contributed by atoms with Crippen molar-refractivity contribution in [3.8, 4) is 28.6 Å². The van der Waals surface area contributed by atoms with E-state index in [1.807, 2.05) is 0 Å². The predicted octanol–water partition coefficient (Wildman–Crippen LogP) is 0.621. The fourth-order valence-electron chi connectivity index (χ4n) is 3.62. The van der Waals surface area contributed by atoms with Crippen molar-refractivity contribution >= 4 is 16.9 Å². The highest BCUT2D eigenvalue weighted by Crippen LogP contribution is 2.35. The predicted molar refractivity (Wildman–Crippen MR) is 115 cm³/mol. The number of rotatable bonds is 5. The Bertz CT molecular complexity index is 1270. The number of phenols is 2. The van der Waals surface area contributed by atoms with Crippen LogP contribution in [0.5, 0.6) is 17.2 Å². The van der Waals surface area contributed by atoms with Crippen LogP contribution in [0.3, 0.4) is 0 Å². The van der Waals surface area contributed by atoms with Crippen molar-refractivity contribution < 1.29 is 49.0 Å². The molecular formula is C23H22O11. The molecule has 1 aliphatic rings. The molecule has 11 nitrogen and oxygen atoms in total. The smallest absolute Gasteiger partial charge is 0.338 e. The first-order chi connectivity index (χ1) is 16.2. The zero-order valence-corrected chi connectivity index (χ0v) is 17.8. The van der Waals surface area contributed by atoms with E-state index in [0.29, 0.717) is 0 Å². The van der Waals surface area contributed by atoms with Gasteiger partial charge in [-0.2, -0.15) is 0 Å². The number of esters is 1. The first kappa shape index (κ1) is 23.5. The lowest BCUT2D eigenvalue weighted by Crippen LogP contribution is -2.61. The van der Waals surface area contributed by atoms with Crippen LogP contribution in [0.4, 0.5) is 0 Å². The molecule has 1 aromatic heterocycles. The highest BCUT2D eigenvalue weighted by Gasteiger charge is 2.48. The molecule has 34 heavy (non-hydrogen) atoms. The van der Waals surface area contributed by atoms with Crippen LogP contribution < -0.4 is 10.2 Å². The van der Waals surface area contributed by atoms with E-state index < -0.39 is 47.9 Å². The standard InChI is InChI=1S/C23H22O11/c1-2-31-22(30)21-19(28)18(27)20(29)23(34-21)32-10-7-13(25)17-14(26)9-15(33-16(17)8-10)11-5-3-4-6-12(11)24/h3-9,18-21,23-25,27-29H,2H2,1H3/t18-,19-,20+,21-,23+/m1/s1. The van der Waals surface area contributed by atoms with Gasteiger partial charge in [-0.05, 0) is 19.1 Å². The van der Waals surface area contributed by atoms with Gasteiger partial charge in [-0.15, -0.1) is 0 Å². The first-order valence-corrected chi connectivity index (χ1v) is 10.3. The van der Waals surface area contributed by atoms with Gasteiger partial charge in [-0.1, -0.05) is 12.1 Å². The molecule has 0 radical (unpaired) electrons. The fourth-order valence-corrected chi connectivity index (χ4v) is 3.62. The Hall–Kier alpha value is -3.64. The number of para-hydroxylation sites is 1. The normalized spacial score (nSPS) is 24.6. The Morgan fingerprint density at radius 1 is 1.00 bits per heavy atom.